The molecule has 3 aromatic rings. The zero-order valence-corrected chi connectivity index (χ0v) is 12.9. The first kappa shape index (κ1) is 15.5. The van der Waals surface area contributed by atoms with Gasteiger partial charge >= 0.3 is 5.97 Å². The van der Waals surface area contributed by atoms with E-state index in [-0.39, 0.29) is 11.5 Å². The Balaban J connectivity index is 1.85. The van der Waals surface area contributed by atoms with Crippen LogP contribution in [-0.2, 0) is 7.05 Å². The molecule has 6 nitrogen and oxygen atoms in total. The first-order valence-corrected chi connectivity index (χ1v) is 7.27. The molecular formula is C18H15N3O3. The summed E-state index contributed by atoms with van der Waals surface area (Å²) in [6.07, 6.45) is 3.13. The number of carbonyl (C=O) groups excluding carboxylic acids is 1. The van der Waals surface area contributed by atoms with Crippen molar-refractivity contribution in [3.8, 4) is 11.1 Å². The van der Waals surface area contributed by atoms with Gasteiger partial charge in [0.15, 0.2) is 0 Å². The van der Waals surface area contributed by atoms with Crippen molar-refractivity contribution in [3.63, 3.8) is 0 Å². The molecule has 2 aromatic carbocycles. The third-order valence-corrected chi connectivity index (χ3v) is 3.53. The first-order valence-electron chi connectivity index (χ1n) is 7.27. The maximum absolute atomic E-state index is 12.2. The van der Waals surface area contributed by atoms with E-state index in [0.29, 0.717) is 11.3 Å². The number of aryl methyl sites for hydroxylation is 1. The summed E-state index contributed by atoms with van der Waals surface area (Å²) in [7, 11) is 1.74. The standard InChI is InChI=1S/C18H15N3O3/c1-21-11-15(10-19-21)17(22)20-16-7-3-5-13(9-16)12-4-2-6-14(8-12)18(23)24/h2-11H,1H3,(H,20,22)(H,23,24). The molecular weight excluding hydrogens is 306 g/mol. The predicted octanol–water partition coefficient (Wildman–Crippen LogP) is 3.04. The number of benzene rings is 2. The van der Waals surface area contributed by atoms with E-state index in [0.717, 1.165) is 11.1 Å². The fourth-order valence-corrected chi connectivity index (χ4v) is 2.35. The molecule has 6 heteroatoms. The van der Waals surface area contributed by atoms with E-state index in [4.69, 9.17) is 5.11 Å². The molecule has 0 unspecified atom stereocenters. The van der Waals surface area contributed by atoms with Crippen LogP contribution in [0.25, 0.3) is 11.1 Å². The van der Waals surface area contributed by atoms with Gasteiger partial charge in [-0.25, -0.2) is 4.79 Å². The lowest BCUT2D eigenvalue weighted by Crippen LogP contribution is -2.11. The van der Waals surface area contributed by atoms with Gasteiger partial charge in [0.1, 0.15) is 0 Å². The van der Waals surface area contributed by atoms with Gasteiger partial charge in [0.2, 0.25) is 0 Å². The molecule has 0 saturated heterocycles. The average Bonchev–Trinajstić information content (AvgIpc) is 3.02. The lowest BCUT2D eigenvalue weighted by Gasteiger charge is -2.07. The van der Waals surface area contributed by atoms with E-state index in [1.165, 1.54) is 6.20 Å². The van der Waals surface area contributed by atoms with Crippen molar-refractivity contribution < 1.29 is 14.7 Å². The molecule has 0 radical (unpaired) electrons. The van der Waals surface area contributed by atoms with Crippen LogP contribution >= 0.6 is 0 Å². The normalized spacial score (nSPS) is 10.4. The summed E-state index contributed by atoms with van der Waals surface area (Å²) in [6, 6.07) is 13.9. The fourth-order valence-electron chi connectivity index (χ4n) is 2.35. The Hall–Kier alpha value is -3.41. The number of hydrogen-bond acceptors (Lipinski definition) is 3. The molecule has 24 heavy (non-hydrogen) atoms. The Morgan fingerprint density at radius 3 is 2.42 bits per heavy atom. The minimum absolute atomic E-state index is 0.220. The maximum atomic E-state index is 12.2. The van der Waals surface area contributed by atoms with E-state index in [9.17, 15) is 9.59 Å². The van der Waals surface area contributed by atoms with Crippen molar-refractivity contribution in [1.82, 2.24) is 9.78 Å². The van der Waals surface area contributed by atoms with Crippen molar-refractivity contribution in [2.45, 2.75) is 0 Å². The third kappa shape index (κ3) is 3.33. The van der Waals surface area contributed by atoms with Gasteiger partial charge in [0.05, 0.1) is 17.3 Å². The van der Waals surface area contributed by atoms with Crippen LogP contribution in [0.1, 0.15) is 20.7 Å². The predicted molar refractivity (Wildman–Crippen MR) is 90.0 cm³/mol. The minimum atomic E-state index is -0.974. The molecule has 1 amide bonds. The van der Waals surface area contributed by atoms with Crippen LogP contribution in [0.2, 0.25) is 0 Å². The molecule has 0 spiro atoms. The summed E-state index contributed by atoms with van der Waals surface area (Å²) in [4.78, 5) is 23.3. The highest BCUT2D eigenvalue weighted by Gasteiger charge is 2.09. The number of rotatable bonds is 4. The second-order valence-corrected chi connectivity index (χ2v) is 5.32. The van der Waals surface area contributed by atoms with Crippen molar-refractivity contribution in [2.75, 3.05) is 5.32 Å². The molecule has 0 aliphatic rings. The number of carbonyl (C=O) groups is 2. The molecule has 1 aromatic heterocycles. The topological polar surface area (TPSA) is 84.2 Å². The molecule has 0 aliphatic heterocycles. The Morgan fingerprint density at radius 1 is 1.04 bits per heavy atom. The van der Waals surface area contributed by atoms with Crippen LogP contribution in [-0.4, -0.2) is 26.8 Å². The van der Waals surface area contributed by atoms with Gasteiger partial charge in [0.25, 0.3) is 5.91 Å². The summed E-state index contributed by atoms with van der Waals surface area (Å²) in [5.74, 6) is -1.22. The highest BCUT2D eigenvalue weighted by Crippen LogP contribution is 2.24. The molecule has 120 valence electrons. The van der Waals surface area contributed by atoms with Crippen LogP contribution < -0.4 is 5.32 Å². The van der Waals surface area contributed by atoms with Gasteiger partial charge in [-0.05, 0) is 35.4 Å². The smallest absolute Gasteiger partial charge is 0.335 e. The molecule has 0 atom stereocenters. The van der Waals surface area contributed by atoms with Gasteiger partial charge in [-0.15, -0.1) is 0 Å². The van der Waals surface area contributed by atoms with Gasteiger partial charge in [-0.2, -0.15) is 5.10 Å². The summed E-state index contributed by atoms with van der Waals surface area (Å²) < 4.78 is 1.56. The van der Waals surface area contributed by atoms with E-state index >= 15 is 0 Å². The number of nitrogens with one attached hydrogen (secondary N) is 1. The van der Waals surface area contributed by atoms with Gasteiger partial charge in [0, 0.05) is 18.9 Å². The Kier molecular flexibility index (Phi) is 4.11. The Labute approximate surface area is 138 Å². The van der Waals surface area contributed by atoms with Crippen LogP contribution in [0.5, 0.6) is 0 Å². The number of aromatic nitrogens is 2. The molecule has 0 aliphatic carbocycles. The number of anilines is 1. The van der Waals surface area contributed by atoms with Gasteiger partial charge < -0.3 is 10.4 Å². The Morgan fingerprint density at radius 2 is 1.75 bits per heavy atom. The third-order valence-electron chi connectivity index (χ3n) is 3.53. The van der Waals surface area contributed by atoms with E-state index in [1.54, 1.807) is 48.3 Å². The second kappa shape index (κ2) is 6.37. The van der Waals surface area contributed by atoms with Crippen LogP contribution in [0, 0.1) is 0 Å². The van der Waals surface area contributed by atoms with Crippen molar-refractivity contribution >= 4 is 17.6 Å². The van der Waals surface area contributed by atoms with Gasteiger partial charge in [-0.1, -0.05) is 24.3 Å². The molecule has 3 rings (SSSR count). The number of carboxylic acid groups (broad SMARTS) is 1. The van der Waals surface area contributed by atoms with E-state index in [1.807, 2.05) is 18.2 Å². The summed E-state index contributed by atoms with van der Waals surface area (Å²) >= 11 is 0. The second-order valence-electron chi connectivity index (χ2n) is 5.32. The van der Waals surface area contributed by atoms with E-state index in [2.05, 4.69) is 10.4 Å². The quantitative estimate of drug-likeness (QED) is 0.773. The molecule has 2 N–H and O–H groups in total. The molecule has 0 bridgehead atoms. The molecule has 0 saturated carbocycles. The summed E-state index contributed by atoms with van der Waals surface area (Å²) in [6.45, 7) is 0. The summed E-state index contributed by atoms with van der Waals surface area (Å²) in [5.41, 5.74) is 2.91. The highest BCUT2D eigenvalue weighted by molar-refractivity contribution is 6.04. The fraction of sp³-hybridized carbons (Fsp3) is 0.0556. The minimum Gasteiger partial charge on any atom is -0.478 e. The van der Waals surface area contributed by atoms with E-state index < -0.39 is 5.97 Å². The SMILES string of the molecule is Cn1cc(C(=O)Nc2cccc(-c3cccc(C(=O)O)c3)c2)cn1. The van der Waals surface area contributed by atoms with Crippen LogP contribution in [0.15, 0.2) is 60.9 Å². The van der Waals surface area contributed by atoms with Crippen LogP contribution in [0.3, 0.4) is 0 Å². The van der Waals surface area contributed by atoms with Crippen molar-refractivity contribution in [1.29, 1.82) is 0 Å². The number of amides is 1. The average molecular weight is 321 g/mol. The van der Waals surface area contributed by atoms with Crippen LogP contribution in [0.4, 0.5) is 5.69 Å². The lowest BCUT2D eigenvalue weighted by molar-refractivity contribution is 0.0696. The number of hydrogen-bond donors (Lipinski definition) is 2. The maximum Gasteiger partial charge on any atom is 0.335 e. The number of nitrogens with zero attached hydrogens (tertiary/aromatic N) is 2. The lowest BCUT2D eigenvalue weighted by atomic mass is 10.0. The zero-order valence-electron chi connectivity index (χ0n) is 12.9. The molecule has 1 heterocycles. The number of aromatic carboxylic acids is 1. The van der Waals surface area contributed by atoms with Crippen molar-refractivity contribution in [2.24, 2.45) is 7.05 Å². The zero-order chi connectivity index (χ0) is 17.1. The monoisotopic (exact) mass is 321 g/mol. The largest absolute Gasteiger partial charge is 0.478 e. The first-order chi connectivity index (χ1) is 11.5. The molecule has 0 fully saturated rings. The Bertz CT molecular complexity index is 915. The van der Waals surface area contributed by atoms with Crippen molar-refractivity contribution in [3.05, 3.63) is 72.1 Å². The summed E-state index contributed by atoms with van der Waals surface area (Å²) in [5, 5.41) is 15.9. The van der Waals surface area contributed by atoms with Gasteiger partial charge in [-0.3, -0.25) is 9.48 Å². The highest BCUT2D eigenvalue weighted by atomic mass is 16.4. The number of carboxylic acids is 1.